The van der Waals surface area contributed by atoms with Crippen molar-refractivity contribution in [3.05, 3.63) is 35.9 Å². The van der Waals surface area contributed by atoms with Crippen LogP contribution in [0, 0.1) is 5.41 Å². The summed E-state index contributed by atoms with van der Waals surface area (Å²) >= 11 is 0. The zero-order valence-electron chi connectivity index (χ0n) is 10.9. The minimum absolute atomic E-state index is 0.520. The number of nitrogens with one attached hydrogen (secondary N) is 1. The molecule has 0 unspecified atom stereocenters. The molecule has 0 radical (unpaired) electrons. The fraction of sp³-hybridized carbons (Fsp3) is 0.600. The number of piperidine rings is 1. The lowest BCUT2D eigenvalue weighted by atomic mass is 9.76. The maximum Gasteiger partial charge on any atom is -0.00436 e. The summed E-state index contributed by atoms with van der Waals surface area (Å²) < 4.78 is 0. The highest BCUT2D eigenvalue weighted by Gasteiger charge is 2.26. The van der Waals surface area contributed by atoms with Crippen molar-refractivity contribution >= 4 is 0 Å². The smallest absolute Gasteiger partial charge is 0.00436 e. The van der Waals surface area contributed by atoms with E-state index in [1.807, 2.05) is 13.8 Å². The Hall–Kier alpha value is -0.820. The van der Waals surface area contributed by atoms with Crippen molar-refractivity contribution in [1.29, 1.82) is 0 Å². The van der Waals surface area contributed by atoms with E-state index in [1.54, 1.807) is 0 Å². The Labute approximate surface area is 100 Å². The monoisotopic (exact) mass is 219 g/mol. The van der Waals surface area contributed by atoms with Gasteiger partial charge in [0, 0.05) is 0 Å². The second-order valence-electron chi connectivity index (χ2n) is 4.72. The van der Waals surface area contributed by atoms with E-state index in [0.717, 1.165) is 0 Å². The van der Waals surface area contributed by atoms with Gasteiger partial charge < -0.3 is 5.32 Å². The van der Waals surface area contributed by atoms with E-state index in [4.69, 9.17) is 0 Å². The van der Waals surface area contributed by atoms with Crippen LogP contribution in [0.3, 0.4) is 0 Å². The fourth-order valence-corrected chi connectivity index (χ4v) is 2.30. The molecule has 1 nitrogen and oxygen atoms in total. The van der Waals surface area contributed by atoms with E-state index < -0.39 is 0 Å². The average Bonchev–Trinajstić information content (AvgIpc) is 2.33. The van der Waals surface area contributed by atoms with Crippen molar-refractivity contribution in [3.8, 4) is 0 Å². The van der Waals surface area contributed by atoms with E-state index in [9.17, 15) is 0 Å². The van der Waals surface area contributed by atoms with Gasteiger partial charge in [-0.15, -0.1) is 0 Å². The Kier molecular flexibility index (Phi) is 5.54. The molecule has 0 aromatic heterocycles. The minimum Gasteiger partial charge on any atom is -0.317 e. The number of hydrogen-bond donors (Lipinski definition) is 1. The molecule has 2 rings (SSSR count). The summed E-state index contributed by atoms with van der Waals surface area (Å²) in [4.78, 5) is 0. The molecule has 1 heteroatoms. The van der Waals surface area contributed by atoms with Crippen LogP contribution in [0.25, 0.3) is 0 Å². The molecule has 1 aliphatic rings. The molecule has 0 amide bonds. The first-order chi connectivity index (χ1) is 7.79. The van der Waals surface area contributed by atoms with Gasteiger partial charge in [0.15, 0.2) is 0 Å². The van der Waals surface area contributed by atoms with Gasteiger partial charge in [-0.05, 0) is 43.3 Å². The quantitative estimate of drug-likeness (QED) is 0.800. The molecule has 1 fully saturated rings. The summed E-state index contributed by atoms with van der Waals surface area (Å²) in [6.07, 6.45) is 3.85. The zero-order chi connectivity index (χ0) is 11.9. The number of benzene rings is 1. The van der Waals surface area contributed by atoms with Crippen LogP contribution < -0.4 is 5.32 Å². The molecule has 1 saturated heterocycles. The average molecular weight is 219 g/mol. The summed E-state index contributed by atoms with van der Waals surface area (Å²) in [5.74, 6) is 0. The molecular weight excluding hydrogens is 194 g/mol. The molecule has 1 aromatic rings. The lowest BCUT2D eigenvalue weighted by Gasteiger charge is -2.34. The first-order valence-corrected chi connectivity index (χ1v) is 6.53. The maximum atomic E-state index is 3.43. The highest BCUT2D eigenvalue weighted by molar-refractivity contribution is 5.16. The molecule has 0 atom stereocenters. The summed E-state index contributed by atoms with van der Waals surface area (Å²) in [6, 6.07) is 10.9. The summed E-state index contributed by atoms with van der Waals surface area (Å²) in [5.41, 5.74) is 2.00. The second kappa shape index (κ2) is 6.70. The lowest BCUT2D eigenvalue weighted by molar-refractivity contribution is 0.228. The summed E-state index contributed by atoms with van der Waals surface area (Å²) in [5, 5.41) is 3.43. The van der Waals surface area contributed by atoms with E-state index in [-0.39, 0.29) is 0 Å². The molecule has 0 saturated carbocycles. The Balaban J connectivity index is 0.000000606. The van der Waals surface area contributed by atoms with Crippen molar-refractivity contribution in [1.82, 2.24) is 5.32 Å². The molecule has 1 N–H and O–H groups in total. The predicted octanol–water partition coefficient (Wildman–Crippen LogP) is 3.65. The molecule has 0 aliphatic carbocycles. The Morgan fingerprint density at radius 2 is 1.62 bits per heavy atom. The third-order valence-electron chi connectivity index (χ3n) is 3.28. The van der Waals surface area contributed by atoms with Gasteiger partial charge in [-0.3, -0.25) is 0 Å². The Morgan fingerprint density at radius 1 is 1.06 bits per heavy atom. The largest absolute Gasteiger partial charge is 0.317 e. The van der Waals surface area contributed by atoms with Crippen molar-refractivity contribution < 1.29 is 0 Å². The SMILES string of the molecule is CC.CC1(Cc2ccccc2)CCNCC1. The van der Waals surface area contributed by atoms with Crippen molar-refractivity contribution in [3.63, 3.8) is 0 Å². The number of rotatable bonds is 2. The maximum absolute atomic E-state index is 3.43. The van der Waals surface area contributed by atoms with Gasteiger partial charge >= 0.3 is 0 Å². The van der Waals surface area contributed by atoms with Gasteiger partial charge in [0.2, 0.25) is 0 Å². The van der Waals surface area contributed by atoms with Crippen LogP contribution in [-0.4, -0.2) is 13.1 Å². The normalized spacial score (nSPS) is 18.4. The van der Waals surface area contributed by atoms with Gasteiger partial charge in [-0.2, -0.15) is 0 Å². The van der Waals surface area contributed by atoms with Gasteiger partial charge in [-0.25, -0.2) is 0 Å². The van der Waals surface area contributed by atoms with Crippen LogP contribution in [0.2, 0.25) is 0 Å². The van der Waals surface area contributed by atoms with Crippen LogP contribution in [0.15, 0.2) is 30.3 Å². The molecule has 16 heavy (non-hydrogen) atoms. The Bertz CT molecular complexity index is 273. The topological polar surface area (TPSA) is 12.0 Å². The summed E-state index contributed by atoms with van der Waals surface area (Å²) in [6.45, 7) is 8.79. The summed E-state index contributed by atoms with van der Waals surface area (Å²) in [7, 11) is 0. The van der Waals surface area contributed by atoms with E-state index in [2.05, 4.69) is 42.6 Å². The lowest BCUT2D eigenvalue weighted by Crippen LogP contribution is -2.36. The van der Waals surface area contributed by atoms with Crippen LogP contribution >= 0.6 is 0 Å². The van der Waals surface area contributed by atoms with Crippen LogP contribution in [0.5, 0.6) is 0 Å². The van der Waals surface area contributed by atoms with Crippen molar-refractivity contribution in [2.75, 3.05) is 13.1 Å². The van der Waals surface area contributed by atoms with Gasteiger partial charge in [-0.1, -0.05) is 51.1 Å². The van der Waals surface area contributed by atoms with Crippen molar-refractivity contribution in [2.45, 2.75) is 40.0 Å². The molecular formula is C15H25N. The zero-order valence-corrected chi connectivity index (χ0v) is 10.9. The Morgan fingerprint density at radius 3 is 2.19 bits per heavy atom. The molecule has 0 spiro atoms. The third kappa shape index (κ3) is 3.97. The standard InChI is InChI=1S/C13H19N.C2H6/c1-13(7-9-14-10-8-13)11-12-5-3-2-4-6-12;1-2/h2-6,14H,7-11H2,1H3;1-2H3. The first kappa shape index (κ1) is 13.2. The fourth-order valence-electron chi connectivity index (χ4n) is 2.30. The first-order valence-electron chi connectivity index (χ1n) is 6.53. The molecule has 1 aliphatic heterocycles. The molecule has 1 aromatic carbocycles. The van der Waals surface area contributed by atoms with Crippen LogP contribution in [0.1, 0.15) is 39.2 Å². The third-order valence-corrected chi connectivity index (χ3v) is 3.28. The number of hydrogen-bond acceptors (Lipinski definition) is 1. The highest BCUT2D eigenvalue weighted by Crippen LogP contribution is 2.31. The van der Waals surface area contributed by atoms with Crippen LogP contribution in [0.4, 0.5) is 0 Å². The van der Waals surface area contributed by atoms with E-state index >= 15 is 0 Å². The predicted molar refractivity (Wildman–Crippen MR) is 71.7 cm³/mol. The second-order valence-corrected chi connectivity index (χ2v) is 4.72. The molecule has 1 heterocycles. The van der Waals surface area contributed by atoms with Gasteiger partial charge in [0.05, 0.1) is 0 Å². The van der Waals surface area contributed by atoms with Gasteiger partial charge in [0.25, 0.3) is 0 Å². The highest BCUT2D eigenvalue weighted by atomic mass is 14.9. The van der Waals surface area contributed by atoms with Crippen LogP contribution in [-0.2, 0) is 6.42 Å². The van der Waals surface area contributed by atoms with E-state index in [1.165, 1.54) is 37.9 Å². The van der Waals surface area contributed by atoms with E-state index in [0.29, 0.717) is 5.41 Å². The molecule has 0 bridgehead atoms. The van der Waals surface area contributed by atoms with Crippen molar-refractivity contribution in [2.24, 2.45) is 5.41 Å². The van der Waals surface area contributed by atoms with Gasteiger partial charge in [0.1, 0.15) is 0 Å². The molecule has 90 valence electrons. The minimum atomic E-state index is 0.520.